The standard InChI is InChI=1S/C18H20N6O/c1-13-4-3-5-15(8-13)10-23-7-6-22(11-17(23)25)16-9-14(2)21-18-19-12-20-24(16)18/h3-5,8-9,12H,6-7,10-11H2,1-2H3. The van der Waals surface area contributed by atoms with E-state index in [4.69, 9.17) is 0 Å². The van der Waals surface area contributed by atoms with Gasteiger partial charge in [0.05, 0.1) is 6.54 Å². The second kappa shape index (κ2) is 6.16. The number of nitrogens with zero attached hydrogens (tertiary/aromatic N) is 6. The van der Waals surface area contributed by atoms with Crippen molar-refractivity contribution in [2.24, 2.45) is 0 Å². The summed E-state index contributed by atoms with van der Waals surface area (Å²) in [5.74, 6) is 1.55. The molecule has 3 aromatic rings. The lowest BCUT2D eigenvalue weighted by Gasteiger charge is -2.35. The second-order valence-corrected chi connectivity index (χ2v) is 6.45. The molecular formula is C18H20N6O. The van der Waals surface area contributed by atoms with Gasteiger partial charge in [-0.15, -0.1) is 0 Å². The number of anilines is 1. The predicted octanol–water partition coefficient (Wildman–Crippen LogP) is 1.59. The van der Waals surface area contributed by atoms with Gasteiger partial charge in [-0.3, -0.25) is 4.79 Å². The van der Waals surface area contributed by atoms with E-state index in [1.54, 1.807) is 4.52 Å². The highest BCUT2D eigenvalue weighted by molar-refractivity contribution is 5.82. The van der Waals surface area contributed by atoms with Crippen LogP contribution in [0.5, 0.6) is 0 Å². The van der Waals surface area contributed by atoms with Crippen LogP contribution in [-0.2, 0) is 11.3 Å². The van der Waals surface area contributed by atoms with E-state index < -0.39 is 0 Å². The van der Waals surface area contributed by atoms with Crippen molar-refractivity contribution >= 4 is 17.5 Å². The van der Waals surface area contributed by atoms with Gasteiger partial charge in [-0.25, -0.2) is 4.98 Å². The fourth-order valence-electron chi connectivity index (χ4n) is 3.24. The average molecular weight is 336 g/mol. The van der Waals surface area contributed by atoms with Crippen LogP contribution in [0.3, 0.4) is 0 Å². The molecule has 0 aliphatic carbocycles. The Bertz CT molecular complexity index is 934. The summed E-state index contributed by atoms with van der Waals surface area (Å²) < 4.78 is 1.69. The molecule has 1 amide bonds. The van der Waals surface area contributed by atoms with Crippen LogP contribution >= 0.6 is 0 Å². The van der Waals surface area contributed by atoms with Gasteiger partial charge in [0.1, 0.15) is 12.1 Å². The maximum absolute atomic E-state index is 12.6. The molecule has 0 saturated carbocycles. The van der Waals surface area contributed by atoms with Crippen molar-refractivity contribution in [2.45, 2.75) is 20.4 Å². The summed E-state index contributed by atoms with van der Waals surface area (Å²) >= 11 is 0. The van der Waals surface area contributed by atoms with E-state index in [0.29, 0.717) is 25.4 Å². The highest BCUT2D eigenvalue weighted by Gasteiger charge is 2.26. The first-order valence-corrected chi connectivity index (χ1v) is 8.36. The lowest BCUT2D eigenvalue weighted by Crippen LogP contribution is -2.50. The Hall–Kier alpha value is -2.96. The third-order valence-corrected chi connectivity index (χ3v) is 4.46. The molecule has 0 bridgehead atoms. The third kappa shape index (κ3) is 3.05. The van der Waals surface area contributed by atoms with Gasteiger partial charge in [0, 0.05) is 31.4 Å². The van der Waals surface area contributed by atoms with Gasteiger partial charge < -0.3 is 9.80 Å². The van der Waals surface area contributed by atoms with Crippen molar-refractivity contribution in [3.63, 3.8) is 0 Å². The van der Waals surface area contributed by atoms with Crippen LogP contribution in [0.25, 0.3) is 5.78 Å². The number of hydrogen-bond donors (Lipinski definition) is 0. The Morgan fingerprint density at radius 3 is 2.84 bits per heavy atom. The van der Waals surface area contributed by atoms with Crippen LogP contribution < -0.4 is 4.90 Å². The maximum Gasteiger partial charge on any atom is 0.254 e. The van der Waals surface area contributed by atoms with Crippen molar-refractivity contribution in [3.05, 3.63) is 53.5 Å². The topological polar surface area (TPSA) is 66.6 Å². The summed E-state index contributed by atoms with van der Waals surface area (Å²) in [5.41, 5.74) is 3.25. The first-order valence-electron chi connectivity index (χ1n) is 8.36. The zero-order valence-electron chi connectivity index (χ0n) is 14.4. The number of amides is 1. The number of fused-ring (bicyclic) bond motifs is 1. The van der Waals surface area contributed by atoms with Gasteiger partial charge in [-0.2, -0.15) is 14.6 Å². The van der Waals surface area contributed by atoms with Crippen LogP contribution in [0.4, 0.5) is 5.82 Å². The number of aromatic nitrogens is 4. The van der Waals surface area contributed by atoms with E-state index in [2.05, 4.69) is 40.2 Å². The van der Waals surface area contributed by atoms with Gasteiger partial charge in [0.25, 0.3) is 5.78 Å². The van der Waals surface area contributed by atoms with Crippen molar-refractivity contribution in [1.29, 1.82) is 0 Å². The largest absolute Gasteiger partial charge is 0.345 e. The highest BCUT2D eigenvalue weighted by atomic mass is 16.2. The molecule has 0 atom stereocenters. The number of carbonyl (C=O) groups excluding carboxylic acids is 1. The first kappa shape index (κ1) is 15.6. The molecule has 0 N–H and O–H groups in total. The van der Waals surface area contributed by atoms with Crippen molar-refractivity contribution in [3.8, 4) is 0 Å². The van der Waals surface area contributed by atoms with Crippen molar-refractivity contribution < 1.29 is 4.79 Å². The summed E-state index contributed by atoms with van der Waals surface area (Å²) in [4.78, 5) is 25.1. The molecule has 1 aliphatic rings. The lowest BCUT2D eigenvalue weighted by molar-refractivity contribution is -0.131. The molecule has 1 aromatic carbocycles. The fraction of sp³-hybridized carbons (Fsp3) is 0.333. The summed E-state index contributed by atoms with van der Waals surface area (Å²) in [6, 6.07) is 10.2. The number of rotatable bonds is 3. The van der Waals surface area contributed by atoms with Crippen molar-refractivity contribution in [1.82, 2.24) is 24.5 Å². The Morgan fingerprint density at radius 1 is 1.16 bits per heavy atom. The minimum absolute atomic E-state index is 0.121. The molecule has 7 heteroatoms. The van der Waals surface area contributed by atoms with E-state index >= 15 is 0 Å². The number of carbonyl (C=O) groups is 1. The fourth-order valence-corrected chi connectivity index (χ4v) is 3.24. The summed E-state index contributed by atoms with van der Waals surface area (Å²) in [6.45, 7) is 6.43. The monoisotopic (exact) mass is 336 g/mol. The Labute approximate surface area is 145 Å². The minimum Gasteiger partial charge on any atom is -0.345 e. The minimum atomic E-state index is 0.121. The molecule has 128 valence electrons. The molecule has 0 unspecified atom stereocenters. The molecule has 3 heterocycles. The Kier molecular flexibility index (Phi) is 3.83. The van der Waals surface area contributed by atoms with Gasteiger partial charge in [-0.05, 0) is 19.4 Å². The summed E-state index contributed by atoms with van der Waals surface area (Å²) in [7, 11) is 0. The van der Waals surface area contributed by atoms with Crippen LogP contribution in [0.1, 0.15) is 16.8 Å². The molecule has 1 fully saturated rings. The van der Waals surface area contributed by atoms with Crippen LogP contribution in [0.15, 0.2) is 36.7 Å². The number of piperazine rings is 1. The van der Waals surface area contributed by atoms with Crippen molar-refractivity contribution in [2.75, 3.05) is 24.5 Å². The SMILES string of the molecule is Cc1cccc(CN2CCN(c3cc(C)nc4ncnn34)CC2=O)c1. The average Bonchev–Trinajstić information content (AvgIpc) is 3.04. The molecular weight excluding hydrogens is 316 g/mol. The second-order valence-electron chi connectivity index (χ2n) is 6.45. The quantitative estimate of drug-likeness (QED) is 0.727. The highest BCUT2D eigenvalue weighted by Crippen LogP contribution is 2.19. The van der Waals surface area contributed by atoms with Gasteiger partial charge in [-0.1, -0.05) is 29.8 Å². The van der Waals surface area contributed by atoms with Gasteiger partial charge >= 0.3 is 0 Å². The number of benzene rings is 1. The third-order valence-electron chi connectivity index (χ3n) is 4.46. The van der Waals surface area contributed by atoms with Crippen LogP contribution in [-0.4, -0.2) is 50.0 Å². The van der Waals surface area contributed by atoms with Gasteiger partial charge in [0.15, 0.2) is 0 Å². The summed E-state index contributed by atoms with van der Waals surface area (Å²) in [5, 5.41) is 4.23. The first-order chi connectivity index (χ1) is 12.1. The van der Waals surface area contributed by atoms with E-state index in [0.717, 1.165) is 18.1 Å². The molecule has 2 aromatic heterocycles. The molecule has 4 rings (SSSR count). The zero-order valence-corrected chi connectivity index (χ0v) is 14.4. The van der Waals surface area contributed by atoms with E-state index in [-0.39, 0.29) is 5.91 Å². The molecule has 0 radical (unpaired) electrons. The van der Waals surface area contributed by atoms with E-state index in [1.807, 2.05) is 28.9 Å². The van der Waals surface area contributed by atoms with Crippen LogP contribution in [0.2, 0.25) is 0 Å². The molecule has 1 saturated heterocycles. The smallest absolute Gasteiger partial charge is 0.254 e. The van der Waals surface area contributed by atoms with Gasteiger partial charge in [0.2, 0.25) is 5.91 Å². The summed E-state index contributed by atoms with van der Waals surface area (Å²) in [6.07, 6.45) is 1.49. The molecule has 1 aliphatic heterocycles. The Morgan fingerprint density at radius 2 is 2.04 bits per heavy atom. The number of aryl methyl sites for hydroxylation is 2. The zero-order chi connectivity index (χ0) is 17.4. The molecule has 7 nitrogen and oxygen atoms in total. The maximum atomic E-state index is 12.6. The molecule has 0 spiro atoms. The lowest BCUT2D eigenvalue weighted by atomic mass is 10.1. The number of hydrogen-bond acceptors (Lipinski definition) is 5. The van der Waals surface area contributed by atoms with E-state index in [1.165, 1.54) is 17.5 Å². The Balaban J connectivity index is 1.53. The van der Waals surface area contributed by atoms with Crippen LogP contribution in [0, 0.1) is 13.8 Å². The predicted molar refractivity (Wildman–Crippen MR) is 94.3 cm³/mol. The molecule has 25 heavy (non-hydrogen) atoms. The van der Waals surface area contributed by atoms with E-state index in [9.17, 15) is 4.79 Å². The normalized spacial score (nSPS) is 15.2.